The van der Waals surface area contributed by atoms with Gasteiger partial charge in [-0.25, -0.2) is 4.39 Å². The van der Waals surface area contributed by atoms with E-state index in [0.717, 1.165) is 0 Å². The van der Waals surface area contributed by atoms with Crippen molar-refractivity contribution < 1.29 is 19.1 Å². The molecule has 0 spiro atoms. The van der Waals surface area contributed by atoms with Gasteiger partial charge in [0.25, 0.3) is 0 Å². The van der Waals surface area contributed by atoms with Crippen LogP contribution in [0.2, 0.25) is 0 Å². The van der Waals surface area contributed by atoms with Gasteiger partial charge in [0.1, 0.15) is 5.82 Å². The van der Waals surface area contributed by atoms with Crippen molar-refractivity contribution in [3.8, 4) is 0 Å². The van der Waals surface area contributed by atoms with Crippen molar-refractivity contribution in [1.82, 2.24) is 0 Å². The van der Waals surface area contributed by atoms with Gasteiger partial charge in [0.15, 0.2) is 0 Å². The Kier molecular flexibility index (Phi) is 3.99. The lowest BCUT2D eigenvalue weighted by molar-refractivity contribution is -0.137. The Morgan fingerprint density at radius 2 is 1.94 bits per heavy atom. The zero-order valence-corrected chi connectivity index (χ0v) is 8.52. The molecule has 0 bridgehead atoms. The molecule has 1 atom stereocenters. The Morgan fingerprint density at radius 1 is 1.31 bits per heavy atom. The second-order valence-corrected chi connectivity index (χ2v) is 3.49. The van der Waals surface area contributed by atoms with Gasteiger partial charge < -0.3 is 10.8 Å². The number of hydrogen-bond donors (Lipinski definition) is 2. The van der Waals surface area contributed by atoms with Crippen molar-refractivity contribution in [1.29, 1.82) is 0 Å². The molecule has 1 aromatic rings. The Hall–Kier alpha value is -1.91. The summed E-state index contributed by atoms with van der Waals surface area (Å²) in [6, 6.07) is 5.78. The summed E-state index contributed by atoms with van der Waals surface area (Å²) in [4.78, 5) is 21.4. The molecule has 1 rings (SSSR count). The van der Waals surface area contributed by atoms with Crippen LogP contribution < -0.4 is 5.73 Å². The van der Waals surface area contributed by atoms with Crippen LogP contribution in [0, 0.1) is 5.82 Å². The Bertz CT molecular complexity index is 390. The summed E-state index contributed by atoms with van der Waals surface area (Å²) >= 11 is 0. The number of carboxylic acid groups (broad SMARTS) is 1. The smallest absolute Gasteiger partial charge is 0.303 e. The van der Waals surface area contributed by atoms with Crippen molar-refractivity contribution in [3.05, 3.63) is 35.6 Å². The molecule has 3 N–H and O–H groups in total. The van der Waals surface area contributed by atoms with Crippen LogP contribution in [0.4, 0.5) is 4.39 Å². The van der Waals surface area contributed by atoms with Crippen LogP contribution in [0.5, 0.6) is 0 Å². The minimum absolute atomic E-state index is 0.173. The van der Waals surface area contributed by atoms with E-state index in [1.54, 1.807) is 6.07 Å². The van der Waals surface area contributed by atoms with Gasteiger partial charge in [-0.2, -0.15) is 0 Å². The molecule has 0 aromatic heterocycles. The van der Waals surface area contributed by atoms with E-state index in [1.165, 1.54) is 18.2 Å². The quantitative estimate of drug-likeness (QED) is 0.791. The van der Waals surface area contributed by atoms with Crippen LogP contribution in [0.1, 0.15) is 24.3 Å². The second kappa shape index (κ2) is 5.25. The van der Waals surface area contributed by atoms with E-state index >= 15 is 0 Å². The van der Waals surface area contributed by atoms with Crippen molar-refractivity contribution >= 4 is 11.9 Å². The molecular weight excluding hydrogens is 213 g/mol. The molecule has 16 heavy (non-hydrogen) atoms. The van der Waals surface area contributed by atoms with Gasteiger partial charge in [-0.05, 0) is 11.6 Å². The van der Waals surface area contributed by atoms with Gasteiger partial charge in [0.05, 0.1) is 6.42 Å². The molecule has 0 fully saturated rings. The molecule has 0 saturated carbocycles. The average Bonchev–Trinajstić information content (AvgIpc) is 2.15. The number of carbonyl (C=O) groups excluding carboxylic acids is 1. The van der Waals surface area contributed by atoms with Crippen molar-refractivity contribution in [2.45, 2.75) is 18.8 Å². The van der Waals surface area contributed by atoms with E-state index in [-0.39, 0.29) is 18.4 Å². The fourth-order valence-electron chi connectivity index (χ4n) is 1.55. The maximum Gasteiger partial charge on any atom is 0.303 e. The number of nitrogens with two attached hydrogens (primary N) is 1. The highest BCUT2D eigenvalue weighted by Crippen LogP contribution is 2.25. The molecule has 1 aromatic carbocycles. The van der Waals surface area contributed by atoms with Crippen LogP contribution in [-0.4, -0.2) is 17.0 Å². The van der Waals surface area contributed by atoms with Crippen molar-refractivity contribution in [2.75, 3.05) is 0 Å². The fourth-order valence-corrected chi connectivity index (χ4v) is 1.55. The van der Waals surface area contributed by atoms with Crippen LogP contribution in [0.25, 0.3) is 0 Å². The monoisotopic (exact) mass is 225 g/mol. The number of rotatable bonds is 5. The molecule has 0 aliphatic rings. The Morgan fingerprint density at radius 3 is 2.44 bits per heavy atom. The number of benzene rings is 1. The lowest BCUT2D eigenvalue weighted by Crippen LogP contribution is -2.18. The average molecular weight is 225 g/mol. The first-order valence-electron chi connectivity index (χ1n) is 4.75. The van der Waals surface area contributed by atoms with Crippen LogP contribution in [-0.2, 0) is 9.59 Å². The van der Waals surface area contributed by atoms with Crippen LogP contribution in [0.3, 0.4) is 0 Å². The first-order valence-corrected chi connectivity index (χ1v) is 4.75. The number of hydrogen-bond acceptors (Lipinski definition) is 2. The van der Waals surface area contributed by atoms with Gasteiger partial charge in [-0.15, -0.1) is 0 Å². The van der Waals surface area contributed by atoms with Crippen LogP contribution >= 0.6 is 0 Å². The molecule has 1 amide bonds. The van der Waals surface area contributed by atoms with Gasteiger partial charge >= 0.3 is 5.97 Å². The third kappa shape index (κ3) is 3.34. The molecule has 0 unspecified atom stereocenters. The van der Waals surface area contributed by atoms with Crippen molar-refractivity contribution in [2.24, 2.45) is 5.73 Å². The molecule has 0 aliphatic carbocycles. The second-order valence-electron chi connectivity index (χ2n) is 3.49. The summed E-state index contributed by atoms with van der Waals surface area (Å²) in [5.41, 5.74) is 5.21. The Balaban J connectivity index is 2.96. The van der Waals surface area contributed by atoms with E-state index in [0.29, 0.717) is 0 Å². The number of amides is 1. The van der Waals surface area contributed by atoms with E-state index in [9.17, 15) is 14.0 Å². The Labute approximate surface area is 91.9 Å². The molecule has 86 valence electrons. The third-order valence-electron chi connectivity index (χ3n) is 2.21. The van der Waals surface area contributed by atoms with E-state index in [2.05, 4.69) is 0 Å². The fraction of sp³-hybridized carbons (Fsp3) is 0.273. The lowest BCUT2D eigenvalue weighted by atomic mass is 9.92. The minimum Gasteiger partial charge on any atom is -0.481 e. The van der Waals surface area contributed by atoms with Gasteiger partial charge in [-0.1, -0.05) is 18.2 Å². The number of aliphatic carboxylic acids is 1. The first kappa shape index (κ1) is 12.2. The zero-order valence-electron chi connectivity index (χ0n) is 8.52. The predicted molar refractivity (Wildman–Crippen MR) is 55.2 cm³/mol. The highest BCUT2D eigenvalue weighted by atomic mass is 19.1. The standard InChI is InChI=1S/C11H12FNO3/c12-9-4-2-1-3-8(9)7(5-10(13)14)6-11(15)16/h1-4,7H,5-6H2,(H2,13,14)(H,15,16)/t7-/m1/s1. The molecule has 0 heterocycles. The summed E-state index contributed by atoms with van der Waals surface area (Å²) in [7, 11) is 0. The topological polar surface area (TPSA) is 80.4 Å². The maximum absolute atomic E-state index is 13.4. The van der Waals surface area contributed by atoms with E-state index in [1.807, 2.05) is 0 Å². The maximum atomic E-state index is 13.4. The summed E-state index contributed by atoms with van der Waals surface area (Å²) in [5, 5.41) is 8.67. The van der Waals surface area contributed by atoms with Gasteiger partial charge in [0.2, 0.25) is 5.91 Å². The largest absolute Gasteiger partial charge is 0.481 e. The molecular formula is C11H12FNO3. The van der Waals surface area contributed by atoms with E-state index in [4.69, 9.17) is 10.8 Å². The highest BCUT2D eigenvalue weighted by Gasteiger charge is 2.20. The van der Waals surface area contributed by atoms with Gasteiger partial charge in [-0.3, -0.25) is 9.59 Å². The number of carboxylic acids is 1. The predicted octanol–water partition coefficient (Wildman–Crippen LogP) is 1.26. The molecule has 0 radical (unpaired) electrons. The number of carbonyl (C=O) groups is 2. The number of halogens is 1. The molecule has 0 aliphatic heterocycles. The summed E-state index contributed by atoms with van der Waals surface area (Å²) in [6.07, 6.45) is -0.489. The SMILES string of the molecule is NC(=O)C[C@H](CC(=O)O)c1ccccc1F. The molecule has 5 heteroatoms. The normalized spacial score (nSPS) is 12.1. The van der Waals surface area contributed by atoms with Crippen molar-refractivity contribution in [3.63, 3.8) is 0 Å². The lowest BCUT2D eigenvalue weighted by Gasteiger charge is -2.13. The third-order valence-corrected chi connectivity index (χ3v) is 2.21. The van der Waals surface area contributed by atoms with Gasteiger partial charge in [0, 0.05) is 12.3 Å². The minimum atomic E-state index is -1.09. The van der Waals surface area contributed by atoms with Crippen LogP contribution in [0.15, 0.2) is 24.3 Å². The zero-order chi connectivity index (χ0) is 12.1. The molecule has 0 saturated heterocycles. The number of primary amides is 1. The van der Waals surface area contributed by atoms with E-state index < -0.39 is 23.6 Å². The first-order chi connectivity index (χ1) is 7.50. The summed E-state index contributed by atoms with van der Waals surface area (Å²) in [5.74, 6) is -2.96. The molecule has 4 nitrogen and oxygen atoms in total. The summed E-state index contributed by atoms with van der Waals surface area (Å²) < 4.78 is 13.4. The highest BCUT2D eigenvalue weighted by molar-refractivity contribution is 5.76. The summed E-state index contributed by atoms with van der Waals surface area (Å²) in [6.45, 7) is 0.